The first kappa shape index (κ1) is 14.4. The second-order valence-electron chi connectivity index (χ2n) is 7.31. The summed E-state index contributed by atoms with van der Waals surface area (Å²) in [5.41, 5.74) is 2.05. The lowest BCUT2D eigenvalue weighted by molar-refractivity contribution is -0.126. The average molecular weight is 287 g/mol. The zero-order valence-electron chi connectivity index (χ0n) is 13.5. The van der Waals surface area contributed by atoms with Crippen molar-refractivity contribution in [2.45, 2.75) is 58.4 Å². The Kier molecular flexibility index (Phi) is 3.46. The van der Waals surface area contributed by atoms with Crippen molar-refractivity contribution < 1.29 is 9.53 Å². The highest BCUT2D eigenvalue weighted by Crippen LogP contribution is 2.49. The quantitative estimate of drug-likeness (QED) is 0.777. The normalized spacial score (nSPS) is 24.5. The lowest BCUT2D eigenvalue weighted by atomic mass is 9.82. The molecule has 3 heteroatoms. The molecule has 1 aliphatic carbocycles. The van der Waals surface area contributed by atoms with Crippen molar-refractivity contribution in [3.63, 3.8) is 0 Å². The highest BCUT2D eigenvalue weighted by molar-refractivity contribution is 6.00. The summed E-state index contributed by atoms with van der Waals surface area (Å²) in [5, 5.41) is 0. The fraction of sp³-hybridized carbons (Fsp3) is 0.611. The number of benzene rings is 1. The Balaban J connectivity index is 2.08. The van der Waals surface area contributed by atoms with E-state index < -0.39 is 0 Å². The van der Waals surface area contributed by atoms with Gasteiger partial charge in [-0.15, -0.1) is 0 Å². The zero-order chi connectivity index (χ0) is 15.2. The number of hydrogen-bond donors (Lipinski definition) is 0. The molecule has 1 aliphatic heterocycles. The standard InChI is InChI=1S/C18H25NO2/c1-18(2,3)17(20)19-15-8-6-5-7-13(15)14-10-9-12(21-4)11-16(14)19/h9-11,13,15H,5-8H2,1-4H3/t13-,15-/m0/s1. The predicted molar refractivity (Wildman–Crippen MR) is 84.9 cm³/mol. The van der Waals surface area contributed by atoms with Gasteiger partial charge in [-0.25, -0.2) is 0 Å². The fourth-order valence-electron chi connectivity index (χ4n) is 3.76. The van der Waals surface area contributed by atoms with Crippen LogP contribution >= 0.6 is 0 Å². The van der Waals surface area contributed by atoms with Crippen LogP contribution in [-0.4, -0.2) is 19.1 Å². The first-order valence-electron chi connectivity index (χ1n) is 7.95. The number of amides is 1. The van der Waals surface area contributed by atoms with Gasteiger partial charge in [0.1, 0.15) is 5.75 Å². The highest BCUT2D eigenvalue weighted by atomic mass is 16.5. The van der Waals surface area contributed by atoms with Gasteiger partial charge >= 0.3 is 0 Å². The molecule has 1 saturated carbocycles. The SMILES string of the molecule is COc1ccc2c(c1)N(C(=O)C(C)(C)C)[C@H]1CCCC[C@@H]21. The van der Waals surface area contributed by atoms with E-state index in [9.17, 15) is 4.79 Å². The van der Waals surface area contributed by atoms with Gasteiger partial charge in [0.05, 0.1) is 12.8 Å². The molecule has 0 saturated heterocycles. The van der Waals surface area contributed by atoms with Gasteiger partial charge < -0.3 is 9.64 Å². The summed E-state index contributed by atoms with van der Waals surface area (Å²) < 4.78 is 5.37. The minimum Gasteiger partial charge on any atom is -0.497 e. The first-order valence-corrected chi connectivity index (χ1v) is 7.95. The Hall–Kier alpha value is -1.51. The highest BCUT2D eigenvalue weighted by Gasteiger charge is 2.45. The van der Waals surface area contributed by atoms with Crippen LogP contribution in [-0.2, 0) is 4.79 Å². The van der Waals surface area contributed by atoms with Gasteiger partial charge in [-0.1, -0.05) is 39.7 Å². The molecule has 1 heterocycles. The van der Waals surface area contributed by atoms with Crippen LogP contribution in [0.4, 0.5) is 5.69 Å². The summed E-state index contributed by atoms with van der Waals surface area (Å²) in [7, 11) is 1.68. The minimum atomic E-state index is -0.354. The molecule has 21 heavy (non-hydrogen) atoms. The van der Waals surface area contributed by atoms with Gasteiger partial charge in [0.2, 0.25) is 5.91 Å². The second kappa shape index (κ2) is 5.04. The zero-order valence-corrected chi connectivity index (χ0v) is 13.5. The molecule has 114 valence electrons. The summed E-state index contributed by atoms with van der Waals surface area (Å²) in [6.07, 6.45) is 4.80. The molecular weight excluding hydrogens is 262 g/mol. The largest absolute Gasteiger partial charge is 0.497 e. The van der Waals surface area contributed by atoms with Crippen LogP contribution in [0.5, 0.6) is 5.75 Å². The van der Waals surface area contributed by atoms with Crippen molar-refractivity contribution in [3.05, 3.63) is 23.8 Å². The number of anilines is 1. The van der Waals surface area contributed by atoms with Gasteiger partial charge in [0.25, 0.3) is 0 Å². The van der Waals surface area contributed by atoms with Crippen molar-refractivity contribution in [1.82, 2.24) is 0 Å². The predicted octanol–water partition coefficient (Wildman–Crippen LogP) is 4.11. The third kappa shape index (κ3) is 2.33. The molecule has 0 bridgehead atoms. The molecule has 2 atom stereocenters. The number of rotatable bonds is 1. The summed E-state index contributed by atoms with van der Waals surface area (Å²) in [6, 6.07) is 6.56. The molecular formula is C18H25NO2. The molecule has 0 unspecified atom stereocenters. The van der Waals surface area contributed by atoms with Crippen LogP contribution in [0, 0.1) is 5.41 Å². The molecule has 1 aromatic carbocycles. The van der Waals surface area contributed by atoms with E-state index in [4.69, 9.17) is 4.74 Å². The monoisotopic (exact) mass is 287 g/mol. The van der Waals surface area contributed by atoms with Crippen LogP contribution < -0.4 is 9.64 Å². The van der Waals surface area contributed by atoms with Crippen molar-refractivity contribution in [3.8, 4) is 5.75 Å². The summed E-state index contributed by atoms with van der Waals surface area (Å²) in [5.74, 6) is 1.57. The van der Waals surface area contributed by atoms with Crippen molar-refractivity contribution in [2.75, 3.05) is 12.0 Å². The van der Waals surface area contributed by atoms with Gasteiger partial charge in [0, 0.05) is 23.4 Å². The third-order valence-electron chi connectivity index (χ3n) is 4.82. The number of carbonyl (C=O) groups excluding carboxylic acids is 1. The molecule has 3 nitrogen and oxygen atoms in total. The molecule has 3 rings (SSSR count). The molecule has 2 aliphatic rings. The molecule has 1 aromatic rings. The number of methoxy groups -OCH3 is 1. The van der Waals surface area contributed by atoms with Crippen molar-refractivity contribution in [2.24, 2.45) is 5.41 Å². The van der Waals surface area contributed by atoms with Crippen LogP contribution in [0.1, 0.15) is 57.9 Å². The average Bonchev–Trinajstić information content (AvgIpc) is 2.78. The number of nitrogens with zero attached hydrogens (tertiary/aromatic N) is 1. The Morgan fingerprint density at radius 3 is 2.62 bits per heavy atom. The maximum absolute atomic E-state index is 13.0. The minimum absolute atomic E-state index is 0.228. The topological polar surface area (TPSA) is 29.5 Å². The second-order valence-corrected chi connectivity index (χ2v) is 7.31. The van der Waals surface area contributed by atoms with E-state index in [-0.39, 0.29) is 11.3 Å². The maximum Gasteiger partial charge on any atom is 0.232 e. The van der Waals surface area contributed by atoms with E-state index in [1.165, 1.54) is 24.8 Å². The number of carbonyl (C=O) groups is 1. The van der Waals surface area contributed by atoms with Gasteiger partial charge in [0.15, 0.2) is 0 Å². The van der Waals surface area contributed by atoms with Crippen LogP contribution in [0.25, 0.3) is 0 Å². The molecule has 0 radical (unpaired) electrons. The lowest BCUT2D eigenvalue weighted by Crippen LogP contribution is -2.45. The fourth-order valence-corrected chi connectivity index (χ4v) is 3.76. The van der Waals surface area contributed by atoms with Crippen LogP contribution in [0.15, 0.2) is 18.2 Å². The Bertz CT molecular complexity index is 559. The summed E-state index contributed by atoms with van der Waals surface area (Å²) >= 11 is 0. The van der Waals surface area contributed by atoms with Gasteiger partial charge in [-0.2, -0.15) is 0 Å². The molecule has 1 amide bonds. The van der Waals surface area contributed by atoms with Gasteiger partial charge in [-0.3, -0.25) is 4.79 Å². The van der Waals surface area contributed by atoms with Gasteiger partial charge in [-0.05, 0) is 24.5 Å². The summed E-state index contributed by atoms with van der Waals surface area (Å²) in [6.45, 7) is 6.02. The number of ether oxygens (including phenoxy) is 1. The Morgan fingerprint density at radius 1 is 1.24 bits per heavy atom. The van der Waals surface area contributed by atoms with Crippen molar-refractivity contribution in [1.29, 1.82) is 0 Å². The van der Waals surface area contributed by atoms with E-state index in [1.807, 2.05) is 32.9 Å². The van der Waals surface area contributed by atoms with Crippen molar-refractivity contribution >= 4 is 11.6 Å². The van der Waals surface area contributed by atoms with E-state index >= 15 is 0 Å². The van der Waals surface area contributed by atoms with E-state index in [2.05, 4.69) is 11.0 Å². The summed E-state index contributed by atoms with van der Waals surface area (Å²) in [4.78, 5) is 15.0. The first-order chi connectivity index (χ1) is 9.93. The number of fused-ring (bicyclic) bond motifs is 3. The Labute approximate surface area is 127 Å². The third-order valence-corrected chi connectivity index (χ3v) is 4.82. The van der Waals surface area contributed by atoms with Crippen LogP contribution in [0.2, 0.25) is 0 Å². The molecule has 0 N–H and O–H groups in total. The maximum atomic E-state index is 13.0. The van der Waals surface area contributed by atoms with Crippen LogP contribution in [0.3, 0.4) is 0 Å². The van der Waals surface area contributed by atoms with E-state index in [0.29, 0.717) is 12.0 Å². The number of hydrogen-bond acceptors (Lipinski definition) is 2. The Morgan fingerprint density at radius 2 is 1.95 bits per heavy atom. The van der Waals surface area contributed by atoms with E-state index in [0.717, 1.165) is 17.9 Å². The molecule has 0 spiro atoms. The lowest BCUT2D eigenvalue weighted by Gasteiger charge is -2.35. The smallest absolute Gasteiger partial charge is 0.232 e. The molecule has 0 aromatic heterocycles. The van der Waals surface area contributed by atoms with E-state index in [1.54, 1.807) is 7.11 Å². The molecule has 1 fully saturated rings.